The highest BCUT2D eigenvalue weighted by Crippen LogP contribution is 2.38. The van der Waals surface area contributed by atoms with Gasteiger partial charge in [-0.25, -0.2) is 4.98 Å². The van der Waals surface area contributed by atoms with E-state index in [1.165, 1.54) is 44.2 Å². The van der Waals surface area contributed by atoms with Crippen LogP contribution in [0.5, 0.6) is 0 Å². The first-order valence-electron chi connectivity index (χ1n) is 13.6. The zero-order valence-electron chi connectivity index (χ0n) is 22.2. The van der Waals surface area contributed by atoms with Gasteiger partial charge in [-0.05, 0) is 56.3 Å². The number of hydrogen-bond acceptors (Lipinski definition) is 8. The molecule has 0 bridgehead atoms. The number of fused-ring (bicyclic) bond motifs is 1. The number of hydrogen-bond donors (Lipinski definition) is 0. The van der Waals surface area contributed by atoms with Gasteiger partial charge >= 0.3 is 0 Å². The molecule has 1 aliphatic heterocycles. The van der Waals surface area contributed by atoms with Gasteiger partial charge in [0.2, 0.25) is 5.13 Å². The predicted molar refractivity (Wildman–Crippen MR) is 152 cm³/mol. The summed E-state index contributed by atoms with van der Waals surface area (Å²) in [5.74, 6) is 1.39. The third kappa shape index (κ3) is 5.89. The maximum absolute atomic E-state index is 6.20. The van der Waals surface area contributed by atoms with Gasteiger partial charge in [0.25, 0.3) is 0 Å². The first-order valence-corrected chi connectivity index (χ1v) is 18.2. The molecule has 3 aromatic heterocycles. The Labute approximate surface area is 220 Å². The Kier molecular flexibility index (Phi) is 7.88. The summed E-state index contributed by atoms with van der Waals surface area (Å²) in [6.07, 6.45) is 10.7. The number of aromatic nitrogens is 4. The van der Waals surface area contributed by atoms with Crippen LogP contribution in [0.15, 0.2) is 24.4 Å². The highest BCUT2D eigenvalue weighted by Gasteiger charge is 2.26. The van der Waals surface area contributed by atoms with Gasteiger partial charge in [-0.2, -0.15) is 0 Å². The lowest BCUT2D eigenvalue weighted by Gasteiger charge is -2.26. The van der Waals surface area contributed by atoms with Crippen molar-refractivity contribution in [1.29, 1.82) is 0 Å². The molecule has 5 rings (SSSR count). The summed E-state index contributed by atoms with van der Waals surface area (Å²) < 4.78 is 6.20. The topological polar surface area (TPSA) is 67.3 Å². The molecule has 194 valence electrons. The third-order valence-electron chi connectivity index (χ3n) is 7.55. The minimum Gasteiger partial charge on any atom is -0.367 e. The molecule has 0 amide bonds. The van der Waals surface area contributed by atoms with E-state index in [1.807, 2.05) is 12.3 Å². The molecule has 2 aliphatic rings. The second-order valence-electron chi connectivity index (χ2n) is 11.5. The third-order valence-corrected chi connectivity index (χ3v) is 10.4. The Morgan fingerprint density at radius 2 is 1.92 bits per heavy atom. The van der Waals surface area contributed by atoms with Crippen LogP contribution in [0.25, 0.3) is 11.0 Å². The molecule has 36 heavy (non-hydrogen) atoms. The minimum absolute atomic E-state index is 0.430. The van der Waals surface area contributed by atoms with E-state index in [0.29, 0.717) is 18.7 Å². The van der Waals surface area contributed by atoms with Crippen molar-refractivity contribution in [3.63, 3.8) is 0 Å². The van der Waals surface area contributed by atoms with Crippen molar-refractivity contribution >= 4 is 47.1 Å². The number of pyridine rings is 2. The molecule has 0 unspecified atom stereocenters. The zero-order valence-corrected chi connectivity index (χ0v) is 24.1. The van der Waals surface area contributed by atoms with Crippen molar-refractivity contribution < 1.29 is 4.74 Å². The molecule has 1 saturated carbocycles. The first-order chi connectivity index (χ1) is 17.4. The van der Waals surface area contributed by atoms with E-state index >= 15 is 0 Å². The Morgan fingerprint density at radius 1 is 1.08 bits per heavy atom. The summed E-state index contributed by atoms with van der Waals surface area (Å²) in [7, 11) is -1.16. The second kappa shape index (κ2) is 11.1. The Hall–Kier alpha value is -2.10. The van der Waals surface area contributed by atoms with Crippen molar-refractivity contribution in [3.05, 3.63) is 29.4 Å². The SMILES string of the molecule is CC[C@H]1CCCN1c1cnc2ccc(N(COCC[Si](C)(C)C)c3nnc(C4CCCC4)s3)nc2c1. The molecule has 9 heteroatoms. The van der Waals surface area contributed by atoms with Crippen LogP contribution in [-0.4, -0.2) is 54.2 Å². The molecule has 0 aromatic carbocycles. The highest BCUT2D eigenvalue weighted by molar-refractivity contribution is 7.15. The van der Waals surface area contributed by atoms with Crippen molar-refractivity contribution in [2.75, 3.05) is 29.7 Å². The van der Waals surface area contributed by atoms with E-state index in [2.05, 4.69) is 58.7 Å². The standard InChI is InChI=1S/C27H40N6OSSi/c1-5-21-11-8-14-32(21)22-17-24-23(28-18-22)12-13-25(29-24)33(19-34-15-16-36(2,3)4)27-31-30-26(35-27)20-9-6-7-10-20/h12-13,17-18,20-21H,5-11,14-16,19H2,1-4H3/t21-/m0/s1. The molecule has 1 saturated heterocycles. The first kappa shape index (κ1) is 25.5. The van der Waals surface area contributed by atoms with E-state index in [1.54, 1.807) is 11.3 Å². The molecule has 0 radical (unpaired) electrons. The monoisotopic (exact) mass is 524 g/mol. The molecular weight excluding hydrogens is 484 g/mol. The van der Waals surface area contributed by atoms with Crippen LogP contribution >= 0.6 is 11.3 Å². The van der Waals surface area contributed by atoms with Crippen molar-refractivity contribution in [3.8, 4) is 0 Å². The van der Waals surface area contributed by atoms with Gasteiger partial charge in [0, 0.05) is 33.2 Å². The number of ether oxygens (including phenoxy) is 1. The maximum Gasteiger partial charge on any atom is 0.215 e. The lowest BCUT2D eigenvalue weighted by atomic mass is 10.1. The zero-order chi connectivity index (χ0) is 25.1. The molecule has 0 spiro atoms. The quantitative estimate of drug-likeness (QED) is 0.161. The van der Waals surface area contributed by atoms with Gasteiger partial charge in [0.15, 0.2) is 0 Å². The lowest BCUT2D eigenvalue weighted by Crippen LogP contribution is -2.28. The molecule has 4 heterocycles. The fourth-order valence-corrected chi connectivity index (χ4v) is 7.09. The van der Waals surface area contributed by atoms with Crippen molar-refractivity contribution in [2.24, 2.45) is 0 Å². The van der Waals surface area contributed by atoms with Gasteiger partial charge in [-0.15, -0.1) is 10.2 Å². The number of anilines is 3. The number of rotatable bonds is 10. The predicted octanol–water partition coefficient (Wildman–Crippen LogP) is 6.97. The Balaban J connectivity index is 1.42. The van der Waals surface area contributed by atoms with E-state index in [-0.39, 0.29) is 0 Å². The van der Waals surface area contributed by atoms with Crippen LogP contribution in [0, 0.1) is 0 Å². The Bertz CT molecular complexity index is 1160. The fourth-order valence-electron chi connectivity index (χ4n) is 5.32. The molecular formula is C27H40N6OSSi. The normalized spacial score (nSPS) is 19.0. The molecule has 7 nitrogen and oxygen atoms in total. The van der Waals surface area contributed by atoms with Crippen molar-refractivity contribution in [1.82, 2.24) is 20.2 Å². The van der Waals surface area contributed by atoms with Gasteiger partial charge < -0.3 is 9.64 Å². The smallest absolute Gasteiger partial charge is 0.215 e. The van der Waals surface area contributed by atoms with E-state index in [0.717, 1.165) is 52.6 Å². The fraction of sp³-hybridized carbons (Fsp3) is 0.630. The second-order valence-corrected chi connectivity index (χ2v) is 18.1. The van der Waals surface area contributed by atoms with Gasteiger partial charge in [0.1, 0.15) is 17.6 Å². The maximum atomic E-state index is 6.20. The van der Waals surface area contributed by atoms with Crippen LogP contribution in [0.2, 0.25) is 25.7 Å². The summed E-state index contributed by atoms with van der Waals surface area (Å²) in [4.78, 5) is 14.4. The van der Waals surface area contributed by atoms with E-state index < -0.39 is 8.07 Å². The summed E-state index contributed by atoms with van der Waals surface area (Å²) >= 11 is 1.70. The average molecular weight is 525 g/mol. The van der Waals surface area contributed by atoms with Gasteiger partial charge in [0.05, 0.1) is 22.9 Å². The molecule has 0 N–H and O–H groups in total. The van der Waals surface area contributed by atoms with E-state index in [4.69, 9.17) is 14.7 Å². The molecule has 2 fully saturated rings. The minimum atomic E-state index is -1.16. The van der Waals surface area contributed by atoms with E-state index in [9.17, 15) is 0 Å². The van der Waals surface area contributed by atoms with Crippen LogP contribution < -0.4 is 9.80 Å². The molecule has 1 aliphatic carbocycles. The summed E-state index contributed by atoms with van der Waals surface area (Å²) in [5.41, 5.74) is 3.01. The summed E-state index contributed by atoms with van der Waals surface area (Å²) in [5, 5.41) is 11.2. The largest absolute Gasteiger partial charge is 0.367 e. The molecule has 3 aromatic rings. The average Bonchev–Trinajstić information content (AvgIpc) is 3.64. The molecule has 1 atom stereocenters. The summed E-state index contributed by atoms with van der Waals surface area (Å²) in [6, 6.07) is 8.04. The van der Waals surface area contributed by atoms with Gasteiger partial charge in [-0.3, -0.25) is 9.88 Å². The Morgan fingerprint density at radius 3 is 2.69 bits per heavy atom. The van der Waals surface area contributed by atoms with Crippen LogP contribution in [0.1, 0.15) is 62.8 Å². The van der Waals surface area contributed by atoms with Crippen LogP contribution in [0.4, 0.5) is 16.6 Å². The lowest BCUT2D eigenvalue weighted by molar-refractivity contribution is 0.153. The summed E-state index contributed by atoms with van der Waals surface area (Å²) in [6.45, 7) is 11.7. The van der Waals surface area contributed by atoms with Gasteiger partial charge in [-0.1, -0.05) is 50.7 Å². The van der Waals surface area contributed by atoms with Crippen LogP contribution in [-0.2, 0) is 4.74 Å². The highest BCUT2D eigenvalue weighted by atomic mass is 32.1. The van der Waals surface area contributed by atoms with Crippen LogP contribution in [0.3, 0.4) is 0 Å². The van der Waals surface area contributed by atoms with Crippen molar-refractivity contribution in [2.45, 2.75) is 89.5 Å². The number of nitrogens with zero attached hydrogens (tertiary/aromatic N) is 6.